The number of rotatable bonds is 4. The van der Waals surface area contributed by atoms with E-state index < -0.39 is 16.1 Å². The van der Waals surface area contributed by atoms with Crippen LogP contribution in [0.4, 0.5) is 0 Å². The highest BCUT2D eigenvalue weighted by Crippen LogP contribution is 2.20. The van der Waals surface area contributed by atoms with E-state index in [0.29, 0.717) is 5.56 Å². The quantitative estimate of drug-likeness (QED) is 0.841. The molecule has 0 spiro atoms. The molecule has 0 aliphatic heterocycles. The lowest BCUT2D eigenvalue weighted by atomic mass is 10.1. The standard InChI is InChI=1S/C12H12ClN3O3S/c1-8(9-3-2-4-10(17)5-9)16-20(18,19)11-6-14-12(13)15-7-11/h2-8,16-17H,1H3. The molecule has 1 unspecified atom stereocenters. The first-order chi connectivity index (χ1) is 9.38. The van der Waals surface area contributed by atoms with Gasteiger partial charge in [-0.1, -0.05) is 12.1 Å². The highest BCUT2D eigenvalue weighted by molar-refractivity contribution is 7.89. The fourth-order valence-electron chi connectivity index (χ4n) is 1.60. The molecule has 106 valence electrons. The van der Waals surface area contributed by atoms with Crippen molar-refractivity contribution in [1.82, 2.24) is 14.7 Å². The van der Waals surface area contributed by atoms with Crippen molar-refractivity contribution in [3.8, 4) is 5.75 Å². The van der Waals surface area contributed by atoms with Gasteiger partial charge >= 0.3 is 0 Å². The lowest BCUT2D eigenvalue weighted by Crippen LogP contribution is -2.27. The van der Waals surface area contributed by atoms with Crippen molar-refractivity contribution in [3.05, 3.63) is 47.5 Å². The summed E-state index contributed by atoms with van der Waals surface area (Å²) in [5.41, 5.74) is 0.642. The summed E-state index contributed by atoms with van der Waals surface area (Å²) in [6.45, 7) is 1.67. The minimum atomic E-state index is -3.75. The zero-order chi connectivity index (χ0) is 14.8. The molecule has 0 fully saturated rings. The first-order valence-electron chi connectivity index (χ1n) is 5.67. The second kappa shape index (κ2) is 5.74. The highest BCUT2D eigenvalue weighted by atomic mass is 35.5. The molecular weight excluding hydrogens is 302 g/mol. The summed E-state index contributed by atoms with van der Waals surface area (Å²) in [5.74, 6) is 0.0726. The van der Waals surface area contributed by atoms with Crippen LogP contribution >= 0.6 is 11.6 Å². The lowest BCUT2D eigenvalue weighted by molar-refractivity contribution is 0.473. The summed E-state index contributed by atoms with van der Waals surface area (Å²) in [7, 11) is -3.75. The topological polar surface area (TPSA) is 92.2 Å². The Hall–Kier alpha value is -1.70. The molecule has 2 aromatic rings. The average molecular weight is 314 g/mol. The molecule has 8 heteroatoms. The number of aromatic hydroxyl groups is 1. The van der Waals surface area contributed by atoms with E-state index in [1.807, 2.05) is 0 Å². The zero-order valence-corrected chi connectivity index (χ0v) is 12.1. The van der Waals surface area contributed by atoms with Gasteiger partial charge in [-0.2, -0.15) is 0 Å². The van der Waals surface area contributed by atoms with Crippen molar-refractivity contribution in [1.29, 1.82) is 0 Å². The van der Waals surface area contributed by atoms with Gasteiger partial charge in [0.15, 0.2) is 0 Å². The van der Waals surface area contributed by atoms with E-state index in [1.165, 1.54) is 12.1 Å². The Bertz CT molecular complexity index is 704. The summed E-state index contributed by atoms with van der Waals surface area (Å²) in [5, 5.41) is 9.37. The molecule has 2 rings (SSSR count). The third kappa shape index (κ3) is 3.44. The molecule has 1 aromatic carbocycles. The number of halogens is 1. The second-order valence-electron chi connectivity index (χ2n) is 4.13. The van der Waals surface area contributed by atoms with Gasteiger partial charge in [0, 0.05) is 6.04 Å². The molecule has 0 aliphatic carbocycles. The van der Waals surface area contributed by atoms with Crippen LogP contribution in [0.1, 0.15) is 18.5 Å². The van der Waals surface area contributed by atoms with Gasteiger partial charge in [-0.15, -0.1) is 0 Å². The number of nitrogens with one attached hydrogen (secondary N) is 1. The Morgan fingerprint density at radius 3 is 2.55 bits per heavy atom. The molecule has 0 saturated heterocycles. The number of phenolic OH excluding ortho intramolecular Hbond substituents is 1. The van der Waals surface area contributed by atoms with Gasteiger partial charge in [0.2, 0.25) is 15.3 Å². The Morgan fingerprint density at radius 1 is 1.30 bits per heavy atom. The summed E-state index contributed by atoms with van der Waals surface area (Å²) in [4.78, 5) is 7.19. The molecule has 1 aromatic heterocycles. The third-order valence-electron chi connectivity index (χ3n) is 2.61. The van der Waals surface area contributed by atoms with Crippen molar-refractivity contribution in [2.75, 3.05) is 0 Å². The van der Waals surface area contributed by atoms with E-state index >= 15 is 0 Å². The molecule has 1 heterocycles. The zero-order valence-electron chi connectivity index (χ0n) is 10.5. The fraction of sp³-hybridized carbons (Fsp3) is 0.167. The largest absolute Gasteiger partial charge is 0.508 e. The van der Waals surface area contributed by atoms with Gasteiger partial charge in [-0.3, -0.25) is 0 Å². The Labute approximate surface area is 121 Å². The smallest absolute Gasteiger partial charge is 0.244 e. The summed E-state index contributed by atoms with van der Waals surface area (Å²) >= 11 is 5.52. The number of sulfonamides is 1. The molecule has 0 bridgehead atoms. The minimum Gasteiger partial charge on any atom is -0.508 e. The van der Waals surface area contributed by atoms with Crippen LogP contribution in [0, 0.1) is 0 Å². The van der Waals surface area contributed by atoms with Crippen LogP contribution < -0.4 is 4.72 Å². The number of hydrogen-bond acceptors (Lipinski definition) is 5. The van der Waals surface area contributed by atoms with E-state index in [1.54, 1.807) is 19.1 Å². The highest BCUT2D eigenvalue weighted by Gasteiger charge is 2.19. The average Bonchev–Trinajstić information content (AvgIpc) is 2.38. The van der Waals surface area contributed by atoms with Crippen LogP contribution in [0.2, 0.25) is 5.28 Å². The molecule has 0 aliphatic rings. The maximum atomic E-state index is 12.1. The predicted molar refractivity (Wildman–Crippen MR) is 73.9 cm³/mol. The maximum absolute atomic E-state index is 12.1. The molecular formula is C12H12ClN3O3S. The van der Waals surface area contributed by atoms with Crippen LogP contribution in [0.5, 0.6) is 5.75 Å². The van der Waals surface area contributed by atoms with E-state index in [4.69, 9.17) is 11.6 Å². The Balaban J connectivity index is 2.22. The van der Waals surface area contributed by atoms with E-state index in [9.17, 15) is 13.5 Å². The van der Waals surface area contributed by atoms with Gasteiger partial charge in [0.1, 0.15) is 10.6 Å². The summed E-state index contributed by atoms with van der Waals surface area (Å²) in [6.07, 6.45) is 2.26. The molecule has 0 radical (unpaired) electrons. The normalized spacial score (nSPS) is 13.1. The van der Waals surface area contributed by atoms with Crippen LogP contribution in [-0.4, -0.2) is 23.5 Å². The van der Waals surface area contributed by atoms with Crippen molar-refractivity contribution in [3.63, 3.8) is 0 Å². The molecule has 1 atom stereocenters. The first-order valence-corrected chi connectivity index (χ1v) is 7.53. The summed E-state index contributed by atoms with van der Waals surface area (Å²) < 4.78 is 26.7. The predicted octanol–water partition coefficient (Wildman–Crippen LogP) is 1.88. The lowest BCUT2D eigenvalue weighted by Gasteiger charge is -2.14. The van der Waals surface area contributed by atoms with Gasteiger partial charge in [-0.05, 0) is 36.2 Å². The SMILES string of the molecule is CC(NS(=O)(=O)c1cnc(Cl)nc1)c1cccc(O)c1. The van der Waals surface area contributed by atoms with Gasteiger partial charge in [-0.25, -0.2) is 23.1 Å². The number of phenols is 1. The van der Waals surface area contributed by atoms with Crippen molar-refractivity contribution < 1.29 is 13.5 Å². The molecule has 20 heavy (non-hydrogen) atoms. The minimum absolute atomic E-state index is 0.0232. The summed E-state index contributed by atoms with van der Waals surface area (Å²) in [6, 6.07) is 5.85. The maximum Gasteiger partial charge on any atom is 0.244 e. The number of nitrogens with zero attached hydrogens (tertiary/aromatic N) is 2. The van der Waals surface area contributed by atoms with Crippen molar-refractivity contribution in [2.45, 2.75) is 17.9 Å². The van der Waals surface area contributed by atoms with E-state index in [0.717, 1.165) is 12.4 Å². The van der Waals surface area contributed by atoms with Crippen LogP contribution in [0.15, 0.2) is 41.6 Å². The molecule has 0 amide bonds. The molecule has 0 saturated carbocycles. The Morgan fingerprint density at radius 2 is 1.95 bits per heavy atom. The van der Waals surface area contributed by atoms with Crippen LogP contribution in [0.25, 0.3) is 0 Å². The van der Waals surface area contributed by atoms with Crippen LogP contribution in [0.3, 0.4) is 0 Å². The fourth-order valence-corrected chi connectivity index (χ4v) is 2.82. The van der Waals surface area contributed by atoms with Gasteiger partial charge in [0.05, 0.1) is 12.4 Å². The van der Waals surface area contributed by atoms with Crippen molar-refractivity contribution >= 4 is 21.6 Å². The molecule has 2 N–H and O–H groups in total. The Kier molecular flexibility index (Phi) is 4.22. The van der Waals surface area contributed by atoms with E-state index in [-0.39, 0.29) is 15.9 Å². The van der Waals surface area contributed by atoms with Crippen molar-refractivity contribution in [2.24, 2.45) is 0 Å². The first kappa shape index (κ1) is 14.7. The molecule has 6 nitrogen and oxygen atoms in total. The van der Waals surface area contributed by atoms with E-state index in [2.05, 4.69) is 14.7 Å². The van der Waals surface area contributed by atoms with Gasteiger partial charge < -0.3 is 5.11 Å². The van der Waals surface area contributed by atoms with Gasteiger partial charge in [0.25, 0.3) is 0 Å². The number of hydrogen-bond donors (Lipinski definition) is 2. The third-order valence-corrected chi connectivity index (χ3v) is 4.30. The monoisotopic (exact) mass is 313 g/mol. The number of aromatic nitrogens is 2. The van der Waals surface area contributed by atoms with Crippen LogP contribution in [-0.2, 0) is 10.0 Å². The second-order valence-corrected chi connectivity index (χ2v) is 6.18. The number of benzene rings is 1.